The summed E-state index contributed by atoms with van der Waals surface area (Å²) in [7, 11) is 0. The Labute approximate surface area is 121 Å². The average Bonchev–Trinajstić information content (AvgIpc) is 2.79. The van der Waals surface area contributed by atoms with Crippen molar-refractivity contribution in [1.29, 1.82) is 0 Å². The highest BCUT2D eigenvalue weighted by molar-refractivity contribution is 5.85. The van der Waals surface area contributed by atoms with Gasteiger partial charge < -0.3 is 5.73 Å². The summed E-state index contributed by atoms with van der Waals surface area (Å²) in [5, 5.41) is 4.12. The summed E-state index contributed by atoms with van der Waals surface area (Å²) in [5.41, 5.74) is 6.03. The lowest BCUT2D eigenvalue weighted by atomic mass is 9.97. The third-order valence-electron chi connectivity index (χ3n) is 3.35. The molecule has 0 amide bonds. The molecule has 106 valence electrons. The van der Waals surface area contributed by atoms with Crippen LogP contribution in [0.5, 0.6) is 0 Å². The summed E-state index contributed by atoms with van der Waals surface area (Å²) in [5.74, 6) is 0. The van der Waals surface area contributed by atoms with E-state index in [9.17, 15) is 0 Å². The van der Waals surface area contributed by atoms with Gasteiger partial charge in [0, 0.05) is 18.6 Å². The van der Waals surface area contributed by atoms with Gasteiger partial charge in [0.2, 0.25) is 0 Å². The minimum absolute atomic E-state index is 0. The number of aromatic nitrogens is 3. The molecule has 0 aliphatic carbocycles. The molecule has 2 atom stereocenters. The quantitative estimate of drug-likeness (QED) is 0.910. The monoisotopic (exact) mass is 295 g/mol. The number of hydrogen-bond acceptors (Lipinski definition) is 4. The Morgan fingerprint density at radius 2 is 2.11 bits per heavy atom. The number of nitrogens with two attached hydrogens (primary N) is 1. The van der Waals surface area contributed by atoms with Gasteiger partial charge in [-0.25, -0.2) is 4.98 Å². The van der Waals surface area contributed by atoms with Crippen LogP contribution >= 0.6 is 24.8 Å². The van der Waals surface area contributed by atoms with E-state index in [0.717, 1.165) is 13.1 Å². The highest BCUT2D eigenvalue weighted by Crippen LogP contribution is 2.18. The van der Waals surface area contributed by atoms with E-state index in [1.54, 1.807) is 12.7 Å². The Hall–Kier alpha value is -0.360. The summed E-state index contributed by atoms with van der Waals surface area (Å²) >= 11 is 0. The molecule has 1 saturated heterocycles. The van der Waals surface area contributed by atoms with E-state index < -0.39 is 0 Å². The van der Waals surface area contributed by atoms with Crippen molar-refractivity contribution in [3.63, 3.8) is 0 Å². The average molecular weight is 296 g/mol. The van der Waals surface area contributed by atoms with Gasteiger partial charge in [0.25, 0.3) is 0 Å². The van der Waals surface area contributed by atoms with Crippen LogP contribution in [0.15, 0.2) is 12.7 Å². The fourth-order valence-electron chi connectivity index (χ4n) is 2.47. The molecule has 2 N–H and O–H groups in total. The predicted octanol–water partition coefficient (Wildman–Crippen LogP) is 1.32. The molecule has 1 aromatic heterocycles. The normalized spacial score (nSPS) is 21.8. The Kier molecular flexibility index (Phi) is 8.52. The molecule has 2 rings (SSSR count). The second kappa shape index (κ2) is 8.69. The number of hydrogen-bond donors (Lipinski definition) is 1. The first-order valence-corrected chi connectivity index (χ1v) is 6.09. The zero-order valence-electron chi connectivity index (χ0n) is 10.7. The maximum absolute atomic E-state index is 6.03. The van der Waals surface area contributed by atoms with Gasteiger partial charge in [-0.1, -0.05) is 6.42 Å². The predicted molar refractivity (Wildman–Crippen MR) is 77.4 cm³/mol. The van der Waals surface area contributed by atoms with Crippen LogP contribution in [-0.4, -0.2) is 44.8 Å². The van der Waals surface area contributed by atoms with E-state index in [1.807, 2.05) is 4.68 Å². The third kappa shape index (κ3) is 4.72. The van der Waals surface area contributed by atoms with Crippen LogP contribution in [0.25, 0.3) is 0 Å². The van der Waals surface area contributed by atoms with Crippen molar-refractivity contribution in [2.24, 2.45) is 5.73 Å². The first-order valence-electron chi connectivity index (χ1n) is 6.09. The maximum Gasteiger partial charge on any atom is 0.137 e. The van der Waals surface area contributed by atoms with E-state index in [2.05, 4.69) is 21.9 Å². The van der Waals surface area contributed by atoms with Crippen molar-refractivity contribution >= 4 is 24.8 Å². The molecule has 0 aromatic carbocycles. The SMILES string of the molecule is CC(N)C1CCCCN1CCn1cncn1.Cl.Cl. The minimum Gasteiger partial charge on any atom is -0.327 e. The number of likely N-dealkylation sites (tertiary alicyclic amines) is 1. The van der Waals surface area contributed by atoms with E-state index in [-0.39, 0.29) is 30.9 Å². The van der Waals surface area contributed by atoms with E-state index in [0.29, 0.717) is 6.04 Å². The number of rotatable bonds is 4. The molecule has 1 fully saturated rings. The summed E-state index contributed by atoms with van der Waals surface area (Å²) in [6.07, 6.45) is 7.19. The first-order chi connectivity index (χ1) is 7.77. The van der Waals surface area contributed by atoms with Crippen molar-refractivity contribution in [2.45, 2.75) is 44.8 Å². The van der Waals surface area contributed by atoms with Crippen LogP contribution in [-0.2, 0) is 6.54 Å². The fourth-order valence-corrected chi connectivity index (χ4v) is 2.47. The molecule has 1 aromatic rings. The van der Waals surface area contributed by atoms with Crippen molar-refractivity contribution in [3.8, 4) is 0 Å². The zero-order valence-corrected chi connectivity index (χ0v) is 12.4. The summed E-state index contributed by atoms with van der Waals surface area (Å²) in [6.45, 7) is 5.21. The molecule has 18 heavy (non-hydrogen) atoms. The Bertz CT molecular complexity index is 304. The van der Waals surface area contributed by atoms with Crippen LogP contribution in [0.1, 0.15) is 26.2 Å². The molecule has 0 saturated carbocycles. The standard InChI is InChI=1S/C11H21N5.2ClH/c1-10(12)11-4-2-3-5-15(11)6-7-16-9-13-8-14-16;;/h8-11H,2-7,12H2,1H3;2*1H. The number of nitrogens with zero attached hydrogens (tertiary/aromatic N) is 4. The smallest absolute Gasteiger partial charge is 0.137 e. The van der Waals surface area contributed by atoms with Gasteiger partial charge in [-0.05, 0) is 26.3 Å². The van der Waals surface area contributed by atoms with Gasteiger partial charge in [-0.3, -0.25) is 9.58 Å². The zero-order chi connectivity index (χ0) is 11.4. The molecule has 1 aliphatic heterocycles. The van der Waals surface area contributed by atoms with Gasteiger partial charge in [-0.15, -0.1) is 24.8 Å². The van der Waals surface area contributed by atoms with Gasteiger partial charge in [0.15, 0.2) is 0 Å². The van der Waals surface area contributed by atoms with Gasteiger partial charge in [0.05, 0.1) is 6.54 Å². The number of halogens is 2. The van der Waals surface area contributed by atoms with Crippen molar-refractivity contribution in [2.75, 3.05) is 13.1 Å². The first kappa shape index (κ1) is 17.6. The molecule has 5 nitrogen and oxygen atoms in total. The summed E-state index contributed by atoms with van der Waals surface area (Å²) in [4.78, 5) is 6.44. The summed E-state index contributed by atoms with van der Waals surface area (Å²) in [6, 6.07) is 0.799. The Morgan fingerprint density at radius 1 is 1.33 bits per heavy atom. The molecule has 1 aliphatic rings. The van der Waals surface area contributed by atoms with Gasteiger partial charge in [0.1, 0.15) is 12.7 Å². The largest absolute Gasteiger partial charge is 0.327 e. The van der Waals surface area contributed by atoms with E-state index in [1.165, 1.54) is 25.8 Å². The Balaban J connectivity index is 0.00000144. The Morgan fingerprint density at radius 3 is 2.72 bits per heavy atom. The maximum atomic E-state index is 6.03. The van der Waals surface area contributed by atoms with E-state index >= 15 is 0 Å². The van der Waals surface area contributed by atoms with Crippen LogP contribution in [0, 0.1) is 0 Å². The molecule has 0 radical (unpaired) electrons. The second-order valence-electron chi connectivity index (χ2n) is 4.62. The van der Waals surface area contributed by atoms with Crippen molar-refractivity contribution in [3.05, 3.63) is 12.7 Å². The fraction of sp³-hybridized carbons (Fsp3) is 0.818. The highest BCUT2D eigenvalue weighted by atomic mass is 35.5. The second-order valence-corrected chi connectivity index (χ2v) is 4.62. The molecule has 0 spiro atoms. The molecule has 0 bridgehead atoms. The van der Waals surface area contributed by atoms with Crippen LogP contribution < -0.4 is 5.73 Å². The molecule has 7 heteroatoms. The lowest BCUT2D eigenvalue weighted by molar-refractivity contribution is 0.124. The third-order valence-corrected chi connectivity index (χ3v) is 3.35. The van der Waals surface area contributed by atoms with Crippen LogP contribution in [0.3, 0.4) is 0 Å². The van der Waals surface area contributed by atoms with Gasteiger partial charge >= 0.3 is 0 Å². The van der Waals surface area contributed by atoms with Crippen molar-refractivity contribution < 1.29 is 0 Å². The number of piperidine rings is 1. The van der Waals surface area contributed by atoms with Crippen LogP contribution in [0.2, 0.25) is 0 Å². The highest BCUT2D eigenvalue weighted by Gasteiger charge is 2.24. The lowest BCUT2D eigenvalue weighted by Crippen LogP contribution is -2.50. The van der Waals surface area contributed by atoms with E-state index in [4.69, 9.17) is 5.73 Å². The minimum atomic E-state index is 0. The topological polar surface area (TPSA) is 60.0 Å². The summed E-state index contributed by atoms with van der Waals surface area (Å²) < 4.78 is 1.88. The molecule has 2 heterocycles. The lowest BCUT2D eigenvalue weighted by Gasteiger charge is -2.37. The molecular formula is C11H23Cl2N5. The van der Waals surface area contributed by atoms with Crippen LogP contribution in [0.4, 0.5) is 0 Å². The van der Waals surface area contributed by atoms with Crippen molar-refractivity contribution in [1.82, 2.24) is 19.7 Å². The molecule has 2 unspecified atom stereocenters. The van der Waals surface area contributed by atoms with Gasteiger partial charge in [-0.2, -0.15) is 5.10 Å². The molecular weight excluding hydrogens is 273 g/mol.